The van der Waals surface area contributed by atoms with Gasteiger partial charge in [0, 0.05) is 18.8 Å². The van der Waals surface area contributed by atoms with Crippen LogP contribution in [0.25, 0.3) is 0 Å². The number of pyridine rings is 1. The molecule has 1 unspecified atom stereocenters. The standard InChI is InChI=1S/C16H26N2O/c1-14(16-10-5-6-11-18-16)17-12-7-13-19-15-8-3-2-4-9-15/h5-6,10-11,14-15,17H,2-4,7-9,12-13H2,1H3. The van der Waals surface area contributed by atoms with E-state index in [0.29, 0.717) is 12.1 Å². The quantitative estimate of drug-likeness (QED) is 0.764. The SMILES string of the molecule is CC(NCCCOC1CCCCC1)c1ccccn1. The molecule has 1 aliphatic carbocycles. The van der Waals surface area contributed by atoms with Crippen LogP contribution in [-0.4, -0.2) is 24.2 Å². The highest BCUT2D eigenvalue weighted by molar-refractivity contribution is 5.07. The summed E-state index contributed by atoms with van der Waals surface area (Å²) in [5.74, 6) is 0. The first-order valence-electron chi connectivity index (χ1n) is 7.62. The molecule has 0 amide bonds. The van der Waals surface area contributed by atoms with E-state index in [2.05, 4.69) is 23.3 Å². The van der Waals surface area contributed by atoms with Crippen molar-refractivity contribution in [3.8, 4) is 0 Å². The zero-order valence-electron chi connectivity index (χ0n) is 12.0. The van der Waals surface area contributed by atoms with Gasteiger partial charge in [-0.1, -0.05) is 25.3 Å². The van der Waals surface area contributed by atoms with Crippen molar-refractivity contribution in [3.63, 3.8) is 0 Å². The van der Waals surface area contributed by atoms with Crippen molar-refractivity contribution in [1.29, 1.82) is 0 Å². The number of hydrogen-bond donors (Lipinski definition) is 1. The predicted octanol–water partition coefficient (Wildman–Crippen LogP) is 3.47. The lowest BCUT2D eigenvalue weighted by Gasteiger charge is -2.22. The fourth-order valence-electron chi connectivity index (χ4n) is 2.61. The van der Waals surface area contributed by atoms with Gasteiger partial charge in [-0.3, -0.25) is 4.98 Å². The van der Waals surface area contributed by atoms with Crippen molar-refractivity contribution < 1.29 is 4.74 Å². The minimum atomic E-state index is 0.316. The lowest BCUT2D eigenvalue weighted by molar-refractivity contribution is 0.0271. The second kappa shape index (κ2) is 8.28. The van der Waals surface area contributed by atoms with E-state index < -0.39 is 0 Å². The molecule has 1 fully saturated rings. The minimum Gasteiger partial charge on any atom is -0.378 e. The maximum Gasteiger partial charge on any atom is 0.0575 e. The summed E-state index contributed by atoms with van der Waals surface area (Å²) in [5, 5.41) is 3.49. The van der Waals surface area contributed by atoms with Crippen molar-refractivity contribution in [3.05, 3.63) is 30.1 Å². The van der Waals surface area contributed by atoms with Crippen molar-refractivity contribution >= 4 is 0 Å². The van der Waals surface area contributed by atoms with Crippen LogP contribution in [0.1, 0.15) is 57.2 Å². The molecule has 1 aromatic rings. The highest BCUT2D eigenvalue weighted by atomic mass is 16.5. The molecule has 3 heteroatoms. The average Bonchev–Trinajstić information content (AvgIpc) is 2.49. The van der Waals surface area contributed by atoms with Gasteiger partial charge in [-0.05, 0) is 44.9 Å². The Kier molecular flexibility index (Phi) is 6.31. The third kappa shape index (κ3) is 5.29. The van der Waals surface area contributed by atoms with Gasteiger partial charge in [0.25, 0.3) is 0 Å². The van der Waals surface area contributed by atoms with Crippen LogP contribution in [0.3, 0.4) is 0 Å². The molecule has 0 aliphatic heterocycles. The number of aromatic nitrogens is 1. The van der Waals surface area contributed by atoms with Crippen LogP contribution in [0, 0.1) is 0 Å². The van der Waals surface area contributed by atoms with Crippen LogP contribution in [0.15, 0.2) is 24.4 Å². The first-order valence-corrected chi connectivity index (χ1v) is 7.62. The molecule has 19 heavy (non-hydrogen) atoms. The molecule has 1 heterocycles. The van der Waals surface area contributed by atoms with Gasteiger partial charge >= 0.3 is 0 Å². The molecule has 1 aromatic heterocycles. The first-order chi connectivity index (χ1) is 9.36. The van der Waals surface area contributed by atoms with E-state index in [-0.39, 0.29) is 0 Å². The third-order valence-corrected chi connectivity index (χ3v) is 3.81. The lowest BCUT2D eigenvalue weighted by Crippen LogP contribution is -2.23. The van der Waals surface area contributed by atoms with E-state index in [1.807, 2.05) is 18.3 Å². The Bertz CT molecular complexity index is 336. The smallest absolute Gasteiger partial charge is 0.0575 e. The van der Waals surface area contributed by atoms with E-state index in [4.69, 9.17) is 4.74 Å². The van der Waals surface area contributed by atoms with Crippen molar-refractivity contribution in [1.82, 2.24) is 10.3 Å². The highest BCUT2D eigenvalue weighted by Crippen LogP contribution is 2.20. The minimum absolute atomic E-state index is 0.316. The summed E-state index contributed by atoms with van der Waals surface area (Å²) in [7, 11) is 0. The molecule has 1 saturated carbocycles. The fraction of sp³-hybridized carbons (Fsp3) is 0.688. The zero-order chi connectivity index (χ0) is 13.3. The largest absolute Gasteiger partial charge is 0.378 e. The molecule has 3 nitrogen and oxygen atoms in total. The summed E-state index contributed by atoms with van der Waals surface area (Å²) in [6.07, 6.45) is 10.1. The second-order valence-electron chi connectivity index (χ2n) is 5.41. The van der Waals surface area contributed by atoms with Gasteiger partial charge in [0.05, 0.1) is 11.8 Å². The van der Waals surface area contributed by atoms with Crippen LogP contribution in [-0.2, 0) is 4.74 Å². The highest BCUT2D eigenvalue weighted by Gasteiger charge is 2.13. The summed E-state index contributed by atoms with van der Waals surface area (Å²) in [4.78, 5) is 4.36. The number of nitrogens with one attached hydrogen (secondary N) is 1. The van der Waals surface area contributed by atoms with Gasteiger partial charge in [0.1, 0.15) is 0 Å². The molecule has 1 N–H and O–H groups in total. The molecule has 0 spiro atoms. The summed E-state index contributed by atoms with van der Waals surface area (Å²) < 4.78 is 5.91. The van der Waals surface area contributed by atoms with Crippen LogP contribution >= 0.6 is 0 Å². The van der Waals surface area contributed by atoms with Gasteiger partial charge in [-0.15, -0.1) is 0 Å². The van der Waals surface area contributed by atoms with Gasteiger partial charge in [0.2, 0.25) is 0 Å². The molecule has 0 aromatic carbocycles. The Morgan fingerprint density at radius 3 is 2.89 bits per heavy atom. The number of rotatable bonds is 7. The molecule has 0 saturated heterocycles. The third-order valence-electron chi connectivity index (χ3n) is 3.81. The number of hydrogen-bond acceptors (Lipinski definition) is 3. The van der Waals surface area contributed by atoms with Gasteiger partial charge in [0.15, 0.2) is 0 Å². The maximum absolute atomic E-state index is 5.91. The van der Waals surface area contributed by atoms with Crippen LogP contribution in [0.5, 0.6) is 0 Å². The van der Waals surface area contributed by atoms with Gasteiger partial charge in [-0.2, -0.15) is 0 Å². The van der Waals surface area contributed by atoms with E-state index >= 15 is 0 Å². The number of ether oxygens (including phenoxy) is 1. The fourth-order valence-corrected chi connectivity index (χ4v) is 2.61. The molecule has 2 rings (SSSR count). The van der Waals surface area contributed by atoms with E-state index in [1.54, 1.807) is 0 Å². The Labute approximate surface area is 116 Å². The summed E-state index contributed by atoms with van der Waals surface area (Å²) in [5.41, 5.74) is 1.11. The van der Waals surface area contributed by atoms with E-state index in [9.17, 15) is 0 Å². The van der Waals surface area contributed by atoms with Crippen molar-refractivity contribution in [2.24, 2.45) is 0 Å². The second-order valence-corrected chi connectivity index (χ2v) is 5.41. The lowest BCUT2D eigenvalue weighted by atomic mass is 9.98. The van der Waals surface area contributed by atoms with E-state index in [1.165, 1.54) is 32.1 Å². The Hall–Kier alpha value is -0.930. The molecule has 1 aliphatic rings. The maximum atomic E-state index is 5.91. The molecule has 1 atom stereocenters. The van der Waals surface area contributed by atoms with Crippen LogP contribution in [0.4, 0.5) is 0 Å². The molecule has 0 bridgehead atoms. The molecule has 106 valence electrons. The van der Waals surface area contributed by atoms with Crippen molar-refractivity contribution in [2.45, 2.75) is 57.6 Å². The molecule has 0 radical (unpaired) electrons. The Morgan fingerprint density at radius 1 is 1.32 bits per heavy atom. The van der Waals surface area contributed by atoms with Gasteiger partial charge < -0.3 is 10.1 Å². The monoisotopic (exact) mass is 262 g/mol. The normalized spacial score (nSPS) is 18.4. The summed E-state index contributed by atoms with van der Waals surface area (Å²) >= 11 is 0. The molecular weight excluding hydrogens is 236 g/mol. The van der Waals surface area contributed by atoms with Crippen LogP contribution < -0.4 is 5.32 Å². The Morgan fingerprint density at radius 2 is 2.16 bits per heavy atom. The van der Waals surface area contributed by atoms with E-state index in [0.717, 1.165) is 25.3 Å². The zero-order valence-corrected chi connectivity index (χ0v) is 12.0. The average molecular weight is 262 g/mol. The van der Waals surface area contributed by atoms with Gasteiger partial charge in [-0.25, -0.2) is 0 Å². The number of nitrogens with zero attached hydrogens (tertiary/aromatic N) is 1. The first kappa shape index (κ1) is 14.5. The summed E-state index contributed by atoms with van der Waals surface area (Å²) in [6, 6.07) is 6.37. The van der Waals surface area contributed by atoms with Crippen molar-refractivity contribution in [2.75, 3.05) is 13.2 Å². The topological polar surface area (TPSA) is 34.1 Å². The molecular formula is C16H26N2O. The Balaban J connectivity index is 1.54. The summed E-state index contributed by atoms with van der Waals surface area (Å²) in [6.45, 7) is 4.03. The van der Waals surface area contributed by atoms with Crippen LogP contribution in [0.2, 0.25) is 0 Å². The predicted molar refractivity (Wildman–Crippen MR) is 78.1 cm³/mol.